The maximum atomic E-state index is 11.4. The molecule has 0 unspecified atom stereocenters. The number of rotatable bonds is 4. The Morgan fingerprint density at radius 1 is 1.45 bits per heavy atom. The summed E-state index contributed by atoms with van der Waals surface area (Å²) in [6.45, 7) is 2.04. The Morgan fingerprint density at radius 3 is 2.95 bits per heavy atom. The molecule has 1 N–H and O–H groups in total. The predicted molar refractivity (Wildman–Crippen MR) is 77.3 cm³/mol. The summed E-state index contributed by atoms with van der Waals surface area (Å²) >= 11 is 1.57. The van der Waals surface area contributed by atoms with Crippen LogP contribution in [0, 0.1) is 0 Å². The van der Waals surface area contributed by atoms with Gasteiger partial charge in [-0.2, -0.15) is 5.10 Å². The molecule has 0 aromatic carbocycles. The van der Waals surface area contributed by atoms with Crippen molar-refractivity contribution in [3.8, 4) is 10.6 Å². The number of hydrogen-bond acceptors (Lipinski definition) is 4. The smallest absolute Gasteiger partial charge is 0.354 e. The number of fused-ring (bicyclic) bond motifs is 1. The van der Waals surface area contributed by atoms with Gasteiger partial charge in [-0.25, -0.2) is 14.3 Å². The molecule has 0 radical (unpaired) electrons. The molecule has 0 fully saturated rings. The highest BCUT2D eigenvalue weighted by molar-refractivity contribution is 7.13. The quantitative estimate of drug-likeness (QED) is 0.800. The van der Waals surface area contributed by atoms with Crippen LogP contribution in [-0.4, -0.2) is 25.7 Å². The monoisotopic (exact) mass is 287 g/mol. The van der Waals surface area contributed by atoms with Gasteiger partial charge in [0.15, 0.2) is 11.3 Å². The molecule has 0 spiro atoms. The summed E-state index contributed by atoms with van der Waals surface area (Å²) in [4.78, 5) is 16.9. The summed E-state index contributed by atoms with van der Waals surface area (Å²) in [5, 5.41) is 15.7. The lowest BCUT2D eigenvalue weighted by Gasteiger charge is -2.03. The van der Waals surface area contributed by atoms with Gasteiger partial charge >= 0.3 is 5.97 Å². The molecule has 0 bridgehead atoms. The molecule has 0 amide bonds. The van der Waals surface area contributed by atoms with Crippen LogP contribution in [0.3, 0.4) is 0 Å². The van der Waals surface area contributed by atoms with Gasteiger partial charge in [0.1, 0.15) is 5.69 Å². The molecule has 3 aromatic heterocycles. The van der Waals surface area contributed by atoms with Crippen molar-refractivity contribution in [2.24, 2.45) is 0 Å². The third-order valence-corrected chi connectivity index (χ3v) is 3.87. The number of thiophene rings is 1. The van der Waals surface area contributed by atoms with Crippen LogP contribution >= 0.6 is 11.3 Å². The van der Waals surface area contributed by atoms with Crippen molar-refractivity contribution in [2.75, 3.05) is 0 Å². The van der Waals surface area contributed by atoms with Crippen LogP contribution in [-0.2, 0) is 6.42 Å². The van der Waals surface area contributed by atoms with E-state index in [9.17, 15) is 9.90 Å². The summed E-state index contributed by atoms with van der Waals surface area (Å²) in [7, 11) is 0. The van der Waals surface area contributed by atoms with Crippen molar-refractivity contribution in [3.63, 3.8) is 0 Å². The van der Waals surface area contributed by atoms with Crippen LogP contribution in [0.15, 0.2) is 29.6 Å². The molecule has 0 saturated carbocycles. The topological polar surface area (TPSA) is 67.5 Å². The van der Waals surface area contributed by atoms with Gasteiger partial charge in [-0.1, -0.05) is 19.4 Å². The fraction of sp³-hybridized carbons (Fsp3) is 0.214. The van der Waals surface area contributed by atoms with Gasteiger partial charge < -0.3 is 5.11 Å². The van der Waals surface area contributed by atoms with E-state index in [-0.39, 0.29) is 5.69 Å². The second kappa shape index (κ2) is 5.05. The minimum Gasteiger partial charge on any atom is -0.477 e. The van der Waals surface area contributed by atoms with Crippen molar-refractivity contribution in [3.05, 3.63) is 41.0 Å². The lowest BCUT2D eigenvalue weighted by molar-refractivity contribution is 0.0687. The molecule has 102 valence electrons. The molecule has 20 heavy (non-hydrogen) atoms. The first-order valence-electron chi connectivity index (χ1n) is 6.36. The van der Waals surface area contributed by atoms with Crippen LogP contribution in [0.5, 0.6) is 0 Å². The first-order valence-corrected chi connectivity index (χ1v) is 7.24. The van der Waals surface area contributed by atoms with Gasteiger partial charge in [0, 0.05) is 11.8 Å². The molecule has 0 aliphatic heterocycles. The fourth-order valence-corrected chi connectivity index (χ4v) is 2.79. The zero-order valence-electron chi connectivity index (χ0n) is 10.9. The number of aromatic carboxylic acids is 1. The minimum atomic E-state index is -0.990. The standard InChI is InChI=1S/C14H13N3O2S/c1-2-4-9-7-11(14(18)19)17-13(15-9)8-10(16-17)12-5-3-6-20-12/h3,5-8H,2,4H2,1H3,(H,18,19). The summed E-state index contributed by atoms with van der Waals surface area (Å²) in [5.41, 5.74) is 2.27. The molecule has 3 aromatic rings. The number of hydrogen-bond donors (Lipinski definition) is 1. The lowest BCUT2D eigenvalue weighted by Crippen LogP contribution is -2.09. The van der Waals surface area contributed by atoms with Gasteiger partial charge in [0.05, 0.1) is 4.88 Å². The van der Waals surface area contributed by atoms with Gasteiger partial charge in [-0.05, 0) is 23.9 Å². The largest absolute Gasteiger partial charge is 0.477 e. The van der Waals surface area contributed by atoms with E-state index in [1.807, 2.05) is 30.5 Å². The third kappa shape index (κ3) is 2.18. The lowest BCUT2D eigenvalue weighted by atomic mass is 10.2. The molecule has 6 heteroatoms. The number of aryl methyl sites for hydroxylation is 1. The normalized spacial score (nSPS) is 11.1. The first kappa shape index (κ1) is 12.8. The van der Waals surface area contributed by atoms with Gasteiger partial charge in [0.25, 0.3) is 0 Å². The highest BCUT2D eigenvalue weighted by Gasteiger charge is 2.15. The SMILES string of the molecule is CCCc1cc(C(=O)O)n2nc(-c3cccs3)cc2n1. The second-order valence-corrected chi connectivity index (χ2v) is 5.41. The number of carboxylic acids is 1. The second-order valence-electron chi connectivity index (χ2n) is 4.46. The number of aromatic nitrogens is 3. The van der Waals surface area contributed by atoms with Crippen LogP contribution in [0.2, 0.25) is 0 Å². The Bertz CT molecular complexity index is 762. The molecule has 3 rings (SSSR count). The number of carboxylic acid groups (broad SMARTS) is 1. The average Bonchev–Trinajstić information content (AvgIpc) is 3.06. The van der Waals surface area contributed by atoms with E-state index >= 15 is 0 Å². The Labute approximate surface area is 119 Å². The first-order chi connectivity index (χ1) is 9.69. The van der Waals surface area contributed by atoms with Crippen molar-refractivity contribution in [1.29, 1.82) is 0 Å². The summed E-state index contributed by atoms with van der Waals surface area (Å²) in [6.07, 6.45) is 1.68. The molecule has 3 heterocycles. The van der Waals surface area contributed by atoms with E-state index in [1.54, 1.807) is 17.4 Å². The van der Waals surface area contributed by atoms with Crippen molar-refractivity contribution < 1.29 is 9.90 Å². The summed E-state index contributed by atoms with van der Waals surface area (Å²) < 4.78 is 1.40. The van der Waals surface area contributed by atoms with Gasteiger partial charge in [-0.3, -0.25) is 0 Å². The molecule has 0 saturated heterocycles. The highest BCUT2D eigenvalue weighted by atomic mass is 32.1. The van der Waals surface area contributed by atoms with Crippen molar-refractivity contribution in [2.45, 2.75) is 19.8 Å². The Balaban J connectivity index is 2.21. The van der Waals surface area contributed by atoms with Crippen LogP contribution in [0.1, 0.15) is 29.5 Å². The molecular formula is C14H13N3O2S. The van der Waals surface area contributed by atoms with E-state index < -0.39 is 5.97 Å². The van der Waals surface area contributed by atoms with E-state index in [2.05, 4.69) is 10.1 Å². The Morgan fingerprint density at radius 2 is 2.30 bits per heavy atom. The zero-order chi connectivity index (χ0) is 14.1. The van der Waals surface area contributed by atoms with E-state index in [0.717, 1.165) is 29.1 Å². The van der Waals surface area contributed by atoms with Gasteiger partial charge in [-0.15, -0.1) is 11.3 Å². The maximum absolute atomic E-state index is 11.4. The van der Waals surface area contributed by atoms with E-state index in [0.29, 0.717) is 5.65 Å². The van der Waals surface area contributed by atoms with Crippen LogP contribution < -0.4 is 0 Å². The zero-order valence-corrected chi connectivity index (χ0v) is 11.7. The molecule has 0 atom stereocenters. The molecule has 0 aliphatic carbocycles. The van der Waals surface area contributed by atoms with Crippen LogP contribution in [0.25, 0.3) is 16.2 Å². The fourth-order valence-electron chi connectivity index (χ4n) is 2.11. The minimum absolute atomic E-state index is 0.154. The van der Waals surface area contributed by atoms with Crippen molar-refractivity contribution in [1.82, 2.24) is 14.6 Å². The number of carbonyl (C=O) groups is 1. The maximum Gasteiger partial charge on any atom is 0.354 e. The van der Waals surface area contributed by atoms with Crippen molar-refractivity contribution >= 4 is 23.0 Å². The third-order valence-electron chi connectivity index (χ3n) is 2.98. The Hall–Kier alpha value is -2.21. The summed E-state index contributed by atoms with van der Waals surface area (Å²) in [5.74, 6) is -0.990. The summed E-state index contributed by atoms with van der Waals surface area (Å²) in [6, 6.07) is 7.33. The number of nitrogens with zero attached hydrogens (tertiary/aromatic N) is 3. The van der Waals surface area contributed by atoms with Crippen LogP contribution in [0.4, 0.5) is 0 Å². The Kier molecular flexibility index (Phi) is 3.23. The average molecular weight is 287 g/mol. The molecule has 5 nitrogen and oxygen atoms in total. The van der Waals surface area contributed by atoms with E-state index in [1.165, 1.54) is 4.52 Å². The molecular weight excluding hydrogens is 274 g/mol. The van der Waals surface area contributed by atoms with E-state index in [4.69, 9.17) is 0 Å². The van der Waals surface area contributed by atoms with Gasteiger partial charge in [0.2, 0.25) is 0 Å². The predicted octanol–water partition coefficient (Wildman–Crippen LogP) is 3.11. The molecule has 0 aliphatic rings. The highest BCUT2D eigenvalue weighted by Crippen LogP contribution is 2.24.